The van der Waals surface area contributed by atoms with Crippen LogP contribution in [0, 0.1) is 0 Å². The van der Waals surface area contributed by atoms with E-state index >= 15 is 0 Å². The number of methoxy groups -OCH3 is 1. The number of hydrogen-bond acceptors (Lipinski definition) is 4. The molecule has 1 aliphatic carbocycles. The molecule has 1 aromatic heterocycles. The molecular weight excluding hydrogens is 370 g/mol. The van der Waals surface area contributed by atoms with Crippen LogP contribution in [0.4, 0.5) is 5.69 Å². The standard InChI is InChI=1S/C19H25N3O2S.ClH/c1-22-16(13-25-19(22)21-14-7-4-3-5-8-14)12-18(23)20-15-9-6-10-17(11-15)24-2;/h6,9-11,13-14H,3-5,7-8,12H2,1-2H3,(H,20,23);1H. The molecule has 0 aliphatic heterocycles. The van der Waals surface area contributed by atoms with Gasteiger partial charge in [-0.3, -0.25) is 9.79 Å². The van der Waals surface area contributed by atoms with E-state index in [2.05, 4.69) is 5.32 Å². The number of amides is 1. The van der Waals surface area contributed by atoms with Crippen LogP contribution in [0.25, 0.3) is 0 Å². The van der Waals surface area contributed by atoms with Crippen molar-refractivity contribution in [1.82, 2.24) is 4.57 Å². The maximum atomic E-state index is 12.3. The van der Waals surface area contributed by atoms with E-state index in [0.29, 0.717) is 12.5 Å². The smallest absolute Gasteiger partial charge is 0.230 e. The highest BCUT2D eigenvalue weighted by Crippen LogP contribution is 2.20. The number of aromatic nitrogens is 1. The summed E-state index contributed by atoms with van der Waals surface area (Å²) in [7, 11) is 3.61. The van der Waals surface area contributed by atoms with Gasteiger partial charge in [-0.25, -0.2) is 0 Å². The van der Waals surface area contributed by atoms with Gasteiger partial charge in [-0.05, 0) is 25.0 Å². The zero-order valence-electron chi connectivity index (χ0n) is 15.2. The fourth-order valence-corrected chi connectivity index (χ4v) is 4.08. The molecule has 0 spiro atoms. The van der Waals surface area contributed by atoms with Crippen LogP contribution in [-0.4, -0.2) is 23.6 Å². The molecule has 0 atom stereocenters. The summed E-state index contributed by atoms with van der Waals surface area (Å²) in [6.07, 6.45) is 6.59. The summed E-state index contributed by atoms with van der Waals surface area (Å²) in [6.45, 7) is 0. The molecule has 1 N–H and O–H groups in total. The molecule has 3 rings (SSSR count). The van der Waals surface area contributed by atoms with E-state index in [-0.39, 0.29) is 18.3 Å². The predicted octanol–water partition coefficient (Wildman–Crippen LogP) is 3.93. The number of nitrogens with one attached hydrogen (secondary N) is 1. The molecule has 5 nitrogen and oxygen atoms in total. The minimum absolute atomic E-state index is 0. The molecule has 142 valence electrons. The lowest BCUT2D eigenvalue weighted by molar-refractivity contribution is -0.115. The number of ether oxygens (including phenoxy) is 1. The molecule has 26 heavy (non-hydrogen) atoms. The van der Waals surface area contributed by atoms with Crippen LogP contribution in [-0.2, 0) is 18.3 Å². The van der Waals surface area contributed by atoms with Gasteiger partial charge in [0, 0.05) is 29.9 Å². The first kappa shape index (κ1) is 20.5. The molecule has 0 saturated heterocycles. The van der Waals surface area contributed by atoms with Gasteiger partial charge in [0.1, 0.15) is 5.75 Å². The maximum Gasteiger partial charge on any atom is 0.230 e. The molecule has 1 amide bonds. The highest BCUT2D eigenvalue weighted by molar-refractivity contribution is 7.07. The van der Waals surface area contributed by atoms with Crippen LogP contribution < -0.4 is 14.9 Å². The van der Waals surface area contributed by atoms with E-state index in [1.165, 1.54) is 32.1 Å². The van der Waals surface area contributed by atoms with Crippen LogP contribution >= 0.6 is 23.7 Å². The SMILES string of the molecule is COc1cccc(NC(=O)Cc2csc(=NC3CCCCC3)n2C)c1.Cl. The zero-order chi connectivity index (χ0) is 17.6. The monoisotopic (exact) mass is 395 g/mol. The predicted molar refractivity (Wildman–Crippen MR) is 108 cm³/mol. The zero-order valence-corrected chi connectivity index (χ0v) is 16.9. The molecule has 1 aromatic carbocycles. The second kappa shape index (κ2) is 9.78. The van der Waals surface area contributed by atoms with Crippen LogP contribution in [0.3, 0.4) is 0 Å². The minimum atomic E-state index is -0.0362. The molecule has 0 bridgehead atoms. The Morgan fingerprint density at radius 3 is 2.85 bits per heavy atom. The molecule has 1 fully saturated rings. The van der Waals surface area contributed by atoms with Crippen molar-refractivity contribution < 1.29 is 9.53 Å². The second-order valence-corrected chi connectivity index (χ2v) is 7.28. The van der Waals surface area contributed by atoms with Gasteiger partial charge in [0.15, 0.2) is 4.80 Å². The van der Waals surface area contributed by atoms with E-state index in [9.17, 15) is 4.79 Å². The topological polar surface area (TPSA) is 55.6 Å². The Labute approximate surface area is 164 Å². The van der Waals surface area contributed by atoms with Gasteiger partial charge in [-0.2, -0.15) is 0 Å². The van der Waals surface area contributed by atoms with E-state index in [1.807, 2.05) is 41.3 Å². The van der Waals surface area contributed by atoms with Gasteiger partial charge >= 0.3 is 0 Å². The van der Waals surface area contributed by atoms with Gasteiger partial charge in [0.05, 0.1) is 19.6 Å². The molecule has 1 saturated carbocycles. The average Bonchev–Trinajstić information content (AvgIpc) is 2.96. The van der Waals surface area contributed by atoms with Crippen molar-refractivity contribution in [2.24, 2.45) is 12.0 Å². The highest BCUT2D eigenvalue weighted by atomic mass is 35.5. The molecule has 0 unspecified atom stereocenters. The number of rotatable bonds is 5. The molecule has 0 radical (unpaired) electrons. The van der Waals surface area contributed by atoms with Crippen LogP contribution in [0.2, 0.25) is 0 Å². The van der Waals surface area contributed by atoms with Crippen LogP contribution in [0.1, 0.15) is 37.8 Å². The average molecular weight is 396 g/mol. The van der Waals surface area contributed by atoms with E-state index in [1.54, 1.807) is 18.4 Å². The molecule has 1 aliphatic rings. The summed E-state index contributed by atoms with van der Waals surface area (Å²) < 4.78 is 7.23. The van der Waals surface area contributed by atoms with Gasteiger partial charge in [-0.15, -0.1) is 23.7 Å². The van der Waals surface area contributed by atoms with Crippen molar-refractivity contribution in [2.75, 3.05) is 12.4 Å². The summed E-state index contributed by atoms with van der Waals surface area (Å²) in [5.74, 6) is 0.693. The number of anilines is 1. The van der Waals surface area contributed by atoms with E-state index < -0.39 is 0 Å². The number of hydrogen-bond donors (Lipinski definition) is 1. The maximum absolute atomic E-state index is 12.3. The first-order chi connectivity index (χ1) is 12.2. The quantitative estimate of drug-likeness (QED) is 0.833. The number of carbonyl (C=O) groups excluding carboxylic acids is 1. The lowest BCUT2D eigenvalue weighted by atomic mass is 9.96. The first-order valence-electron chi connectivity index (χ1n) is 8.77. The Morgan fingerprint density at radius 1 is 1.35 bits per heavy atom. The van der Waals surface area contributed by atoms with Gasteiger partial charge in [0.2, 0.25) is 5.91 Å². The summed E-state index contributed by atoms with van der Waals surface area (Å²) >= 11 is 1.62. The van der Waals surface area contributed by atoms with Crippen molar-refractivity contribution in [3.05, 3.63) is 40.1 Å². The van der Waals surface area contributed by atoms with E-state index in [4.69, 9.17) is 9.73 Å². The largest absolute Gasteiger partial charge is 0.497 e. The number of benzene rings is 1. The van der Waals surface area contributed by atoms with Crippen LogP contribution in [0.15, 0.2) is 34.6 Å². The normalized spacial score (nSPS) is 15.4. The Morgan fingerprint density at radius 2 is 2.12 bits per heavy atom. The van der Waals surface area contributed by atoms with Gasteiger partial charge in [0.25, 0.3) is 0 Å². The molecular formula is C19H26ClN3O2S. The minimum Gasteiger partial charge on any atom is -0.497 e. The van der Waals surface area contributed by atoms with Crippen LogP contribution in [0.5, 0.6) is 5.75 Å². The third kappa shape index (κ3) is 5.35. The van der Waals surface area contributed by atoms with Crippen molar-refractivity contribution in [2.45, 2.75) is 44.6 Å². The summed E-state index contributed by atoms with van der Waals surface area (Å²) in [6, 6.07) is 7.83. The summed E-state index contributed by atoms with van der Waals surface area (Å²) in [4.78, 5) is 18.2. The highest BCUT2D eigenvalue weighted by Gasteiger charge is 2.13. The number of carbonyl (C=O) groups is 1. The van der Waals surface area contributed by atoms with Gasteiger partial charge < -0.3 is 14.6 Å². The number of nitrogens with zero attached hydrogens (tertiary/aromatic N) is 2. The second-order valence-electron chi connectivity index (χ2n) is 6.45. The lowest BCUT2D eigenvalue weighted by Crippen LogP contribution is -2.22. The van der Waals surface area contributed by atoms with E-state index in [0.717, 1.165) is 21.9 Å². The number of thiazole rings is 1. The summed E-state index contributed by atoms with van der Waals surface area (Å²) in [5.41, 5.74) is 1.73. The Kier molecular flexibility index (Phi) is 7.72. The Hall–Kier alpha value is -1.79. The Bertz CT molecular complexity index is 794. The van der Waals surface area contributed by atoms with Crippen molar-refractivity contribution in [3.8, 4) is 5.75 Å². The molecule has 2 aromatic rings. The lowest BCUT2D eigenvalue weighted by Gasteiger charge is -2.16. The van der Waals surface area contributed by atoms with Crippen molar-refractivity contribution >= 4 is 35.3 Å². The fourth-order valence-electron chi connectivity index (χ4n) is 3.12. The van der Waals surface area contributed by atoms with Gasteiger partial charge in [-0.1, -0.05) is 25.3 Å². The van der Waals surface area contributed by atoms with Crippen molar-refractivity contribution in [1.29, 1.82) is 0 Å². The fraction of sp³-hybridized carbons (Fsp3) is 0.474. The molecule has 7 heteroatoms. The third-order valence-corrected chi connectivity index (χ3v) is 5.56. The third-order valence-electron chi connectivity index (χ3n) is 4.58. The summed E-state index contributed by atoms with van der Waals surface area (Å²) in [5, 5.41) is 4.96. The number of halogens is 1. The first-order valence-corrected chi connectivity index (χ1v) is 9.65. The molecule has 1 heterocycles. The van der Waals surface area contributed by atoms with Crippen molar-refractivity contribution in [3.63, 3.8) is 0 Å². The Balaban J connectivity index is 0.00000243.